The molecule has 0 radical (unpaired) electrons. The lowest BCUT2D eigenvalue weighted by Gasteiger charge is -2.16. The summed E-state index contributed by atoms with van der Waals surface area (Å²) in [5.41, 5.74) is 21.8. The van der Waals surface area contributed by atoms with E-state index < -0.39 is 0 Å². The van der Waals surface area contributed by atoms with E-state index in [9.17, 15) is 0 Å². The van der Waals surface area contributed by atoms with Crippen LogP contribution in [0.3, 0.4) is 0 Å². The molecule has 3 nitrogen and oxygen atoms in total. The summed E-state index contributed by atoms with van der Waals surface area (Å²) in [7, 11) is 0. The van der Waals surface area contributed by atoms with Crippen LogP contribution in [0.25, 0.3) is 101 Å². The topological polar surface area (TPSA) is 38.7 Å². The number of nitrogens with zero attached hydrogens (tertiary/aromatic N) is 3. The summed E-state index contributed by atoms with van der Waals surface area (Å²) in [6.45, 7) is 6.41. The molecule has 0 aliphatic carbocycles. The average Bonchev–Trinajstić information content (AvgIpc) is 3.34. The van der Waals surface area contributed by atoms with E-state index >= 15 is 0 Å². The highest BCUT2D eigenvalue weighted by Gasteiger charge is 2.17. The van der Waals surface area contributed by atoms with Crippen molar-refractivity contribution in [2.24, 2.45) is 0 Å². The van der Waals surface area contributed by atoms with E-state index in [0.717, 1.165) is 101 Å². The van der Waals surface area contributed by atoms with Gasteiger partial charge in [-0.3, -0.25) is 0 Å². The molecule has 0 saturated carbocycles. The molecule has 63 heavy (non-hydrogen) atoms. The van der Waals surface area contributed by atoms with Crippen molar-refractivity contribution in [2.75, 3.05) is 0 Å². The number of pyridine rings is 3. The molecular formula is C60H45N3. The fourth-order valence-corrected chi connectivity index (χ4v) is 8.35. The molecule has 0 atom stereocenters. The highest BCUT2D eigenvalue weighted by molar-refractivity contribution is 5.86. The van der Waals surface area contributed by atoms with E-state index in [0.29, 0.717) is 0 Å². The zero-order valence-corrected chi connectivity index (χ0v) is 35.6. The Labute approximate surface area is 370 Å². The van der Waals surface area contributed by atoms with Gasteiger partial charge in [0, 0.05) is 33.4 Å². The number of aromatic nitrogens is 3. The van der Waals surface area contributed by atoms with Gasteiger partial charge in [-0.2, -0.15) is 0 Å². The molecule has 0 saturated heterocycles. The molecular weight excluding hydrogens is 763 g/mol. The molecule has 0 unspecified atom stereocenters. The summed E-state index contributed by atoms with van der Waals surface area (Å²) in [5.74, 6) is 0. The van der Waals surface area contributed by atoms with Gasteiger partial charge >= 0.3 is 0 Å². The Balaban J connectivity index is 1.25. The fourth-order valence-electron chi connectivity index (χ4n) is 8.35. The third-order valence-electron chi connectivity index (χ3n) is 11.6. The minimum Gasteiger partial charge on any atom is -0.248 e. The number of benzene rings is 7. The van der Waals surface area contributed by atoms with Gasteiger partial charge in [0.05, 0.1) is 34.2 Å². The van der Waals surface area contributed by atoms with Crippen LogP contribution in [0.2, 0.25) is 0 Å². The van der Waals surface area contributed by atoms with E-state index in [4.69, 9.17) is 15.0 Å². The second-order valence-corrected chi connectivity index (χ2v) is 16.4. The van der Waals surface area contributed by atoms with Gasteiger partial charge in [0.2, 0.25) is 0 Å². The molecule has 0 aliphatic rings. The van der Waals surface area contributed by atoms with E-state index in [2.05, 4.69) is 227 Å². The maximum Gasteiger partial charge on any atom is 0.0716 e. The van der Waals surface area contributed by atoms with Crippen LogP contribution in [-0.2, 0) is 0 Å². The third kappa shape index (κ3) is 8.64. The van der Waals surface area contributed by atoms with E-state index in [1.165, 1.54) is 16.7 Å². The van der Waals surface area contributed by atoms with Crippen LogP contribution in [0.1, 0.15) is 16.7 Å². The lowest BCUT2D eigenvalue weighted by molar-refractivity contribution is 1.29. The van der Waals surface area contributed by atoms with Crippen molar-refractivity contribution < 1.29 is 0 Å². The highest BCUT2D eigenvalue weighted by atomic mass is 14.7. The Morgan fingerprint density at radius 3 is 0.825 bits per heavy atom. The number of hydrogen-bond acceptors (Lipinski definition) is 3. The lowest BCUT2D eigenvalue weighted by atomic mass is 9.93. The first-order valence-electron chi connectivity index (χ1n) is 21.5. The zero-order valence-electron chi connectivity index (χ0n) is 35.6. The van der Waals surface area contributed by atoms with Gasteiger partial charge in [0.25, 0.3) is 0 Å². The summed E-state index contributed by atoms with van der Waals surface area (Å²) in [5, 5.41) is 0. The third-order valence-corrected chi connectivity index (χ3v) is 11.6. The van der Waals surface area contributed by atoms with Gasteiger partial charge in [0.1, 0.15) is 0 Å². The van der Waals surface area contributed by atoms with Crippen LogP contribution in [0.4, 0.5) is 0 Å². The first kappa shape index (κ1) is 39.1. The molecule has 7 aromatic carbocycles. The number of rotatable bonds is 9. The van der Waals surface area contributed by atoms with Crippen molar-refractivity contribution >= 4 is 0 Å². The number of hydrogen-bond donors (Lipinski definition) is 0. The first-order chi connectivity index (χ1) is 30.9. The lowest BCUT2D eigenvalue weighted by Crippen LogP contribution is -1.96. The summed E-state index contributed by atoms with van der Waals surface area (Å²) in [6.07, 6.45) is 0. The van der Waals surface area contributed by atoms with Gasteiger partial charge in [-0.1, -0.05) is 174 Å². The minimum absolute atomic E-state index is 0.868. The Bertz CT molecular complexity index is 2880. The predicted octanol–water partition coefficient (Wildman–Crippen LogP) is 15.8. The SMILES string of the molecule is Cc1cccc(-c2cc(-c3ccccc3)nc(-c3cc(-c4cc(-c5cccc(C)c5)cc(-c5ccccc5)n4)cc(-c4cc(-c5ccccc5)cc(-c5cccc(C)c5)n4)c3)c2)c1. The molecule has 0 bridgehead atoms. The number of aryl methyl sites for hydroxylation is 3. The fraction of sp³-hybridized carbons (Fsp3) is 0.0500. The normalized spacial score (nSPS) is 11.1. The molecule has 0 amide bonds. The van der Waals surface area contributed by atoms with Crippen molar-refractivity contribution in [2.45, 2.75) is 20.8 Å². The van der Waals surface area contributed by atoms with Crippen molar-refractivity contribution in [1.82, 2.24) is 15.0 Å². The second kappa shape index (κ2) is 17.2. The molecule has 3 heterocycles. The molecule has 3 aromatic heterocycles. The summed E-state index contributed by atoms with van der Waals surface area (Å²) in [4.78, 5) is 16.3. The van der Waals surface area contributed by atoms with E-state index in [-0.39, 0.29) is 0 Å². The van der Waals surface area contributed by atoms with Gasteiger partial charge in [-0.05, 0) is 115 Å². The first-order valence-corrected chi connectivity index (χ1v) is 21.5. The smallest absolute Gasteiger partial charge is 0.0716 e. The molecule has 0 spiro atoms. The average molecular weight is 808 g/mol. The van der Waals surface area contributed by atoms with Crippen LogP contribution >= 0.6 is 0 Å². The summed E-state index contributed by atoms with van der Waals surface area (Å²) < 4.78 is 0. The molecule has 3 heteroatoms. The monoisotopic (exact) mass is 807 g/mol. The van der Waals surface area contributed by atoms with Crippen LogP contribution in [-0.4, -0.2) is 15.0 Å². The minimum atomic E-state index is 0.868. The molecule has 10 rings (SSSR count). The second-order valence-electron chi connectivity index (χ2n) is 16.4. The molecule has 0 N–H and O–H groups in total. The molecule has 0 fully saturated rings. The molecule has 0 aliphatic heterocycles. The van der Waals surface area contributed by atoms with Crippen molar-refractivity contribution in [1.29, 1.82) is 0 Å². The predicted molar refractivity (Wildman–Crippen MR) is 263 cm³/mol. The molecule has 300 valence electrons. The van der Waals surface area contributed by atoms with Crippen LogP contribution < -0.4 is 0 Å². The van der Waals surface area contributed by atoms with Crippen LogP contribution in [0.5, 0.6) is 0 Å². The Morgan fingerprint density at radius 1 is 0.190 bits per heavy atom. The zero-order chi connectivity index (χ0) is 42.7. The van der Waals surface area contributed by atoms with Crippen LogP contribution in [0, 0.1) is 20.8 Å². The van der Waals surface area contributed by atoms with Gasteiger partial charge in [0.15, 0.2) is 0 Å². The quantitative estimate of drug-likeness (QED) is 0.146. The van der Waals surface area contributed by atoms with Crippen molar-refractivity contribution in [3.05, 3.63) is 235 Å². The van der Waals surface area contributed by atoms with Gasteiger partial charge in [-0.25, -0.2) is 15.0 Å². The maximum atomic E-state index is 5.45. The van der Waals surface area contributed by atoms with Crippen LogP contribution in [0.15, 0.2) is 218 Å². The van der Waals surface area contributed by atoms with Crippen molar-refractivity contribution in [3.63, 3.8) is 0 Å². The summed E-state index contributed by atoms with van der Waals surface area (Å²) >= 11 is 0. The van der Waals surface area contributed by atoms with E-state index in [1.807, 2.05) is 12.1 Å². The maximum absolute atomic E-state index is 5.45. The van der Waals surface area contributed by atoms with Crippen molar-refractivity contribution in [3.8, 4) is 101 Å². The van der Waals surface area contributed by atoms with Gasteiger partial charge < -0.3 is 0 Å². The standard InChI is InChI=1S/C60H45N3/c1-40-16-13-25-46(28-40)50-36-55(44-21-9-5-10-22-44)61-59(38-50)53-31-52(58-35-49(43-19-7-4-8-20-43)34-57(63-58)48-27-15-18-42(3)30-48)32-54(33-53)60-39-51(47-26-14-17-41(2)29-47)37-56(62-60)45-23-11-6-12-24-45/h4-39H,1-3H3. The highest BCUT2D eigenvalue weighted by Crippen LogP contribution is 2.39. The summed E-state index contributed by atoms with van der Waals surface area (Å²) in [6, 6.07) is 77.5. The Hall–Kier alpha value is -8.01. The Morgan fingerprint density at radius 2 is 0.460 bits per heavy atom. The largest absolute Gasteiger partial charge is 0.248 e. The molecule has 10 aromatic rings. The van der Waals surface area contributed by atoms with Gasteiger partial charge in [-0.15, -0.1) is 0 Å². The van der Waals surface area contributed by atoms with E-state index in [1.54, 1.807) is 0 Å². The Kier molecular flexibility index (Phi) is 10.7.